The summed E-state index contributed by atoms with van der Waals surface area (Å²) in [4.78, 5) is 22.6. The van der Waals surface area contributed by atoms with Crippen LogP contribution in [-0.2, 0) is 6.61 Å². The number of hydrogen-bond donors (Lipinski definition) is 0. The van der Waals surface area contributed by atoms with Crippen molar-refractivity contribution in [2.75, 3.05) is 0 Å². The van der Waals surface area contributed by atoms with Gasteiger partial charge in [0.05, 0.1) is 4.92 Å². The first kappa shape index (κ1) is 19.6. The van der Waals surface area contributed by atoms with E-state index in [-0.39, 0.29) is 18.1 Å². The summed E-state index contributed by atoms with van der Waals surface area (Å²) >= 11 is 3.33. The predicted molar refractivity (Wildman–Crippen MR) is 108 cm³/mol. The number of nitro groups is 1. The van der Waals surface area contributed by atoms with E-state index in [0.29, 0.717) is 28.4 Å². The number of nitro benzene ring substituents is 1. The number of furan rings is 1. The number of hydrogen-bond acceptors (Lipinski definition) is 5. The van der Waals surface area contributed by atoms with Crippen molar-refractivity contribution in [2.45, 2.75) is 13.5 Å². The molecule has 0 saturated carbocycles. The molecule has 1 aromatic heterocycles. The molecule has 6 nitrogen and oxygen atoms in total. The molecule has 1 heterocycles. The third kappa shape index (κ3) is 4.95. The molecule has 0 fully saturated rings. The van der Waals surface area contributed by atoms with Crippen molar-refractivity contribution in [3.63, 3.8) is 0 Å². The molecular formula is C21H16BrNO5. The Hall–Kier alpha value is -3.19. The predicted octanol–water partition coefficient (Wildman–Crippen LogP) is 5.73. The van der Waals surface area contributed by atoms with Crippen molar-refractivity contribution >= 4 is 33.5 Å². The summed E-state index contributed by atoms with van der Waals surface area (Å²) in [6, 6.07) is 15.2. The average molecular weight is 442 g/mol. The highest BCUT2D eigenvalue weighted by Gasteiger charge is 2.11. The summed E-state index contributed by atoms with van der Waals surface area (Å²) in [5.41, 5.74) is 1.16. The molecule has 3 rings (SSSR count). The van der Waals surface area contributed by atoms with Gasteiger partial charge < -0.3 is 9.15 Å². The summed E-state index contributed by atoms with van der Waals surface area (Å²) in [7, 11) is 0. The number of ketones is 1. The van der Waals surface area contributed by atoms with E-state index in [1.807, 2.05) is 12.1 Å². The van der Waals surface area contributed by atoms with E-state index in [9.17, 15) is 14.9 Å². The van der Waals surface area contributed by atoms with Crippen LogP contribution in [0.25, 0.3) is 6.08 Å². The highest BCUT2D eigenvalue weighted by molar-refractivity contribution is 9.10. The van der Waals surface area contributed by atoms with Gasteiger partial charge in [-0.2, -0.15) is 0 Å². The van der Waals surface area contributed by atoms with Crippen molar-refractivity contribution in [3.05, 3.63) is 97.9 Å². The highest BCUT2D eigenvalue weighted by Crippen LogP contribution is 2.24. The molecule has 0 N–H and O–H groups in total. The van der Waals surface area contributed by atoms with Gasteiger partial charge in [0.25, 0.3) is 5.69 Å². The number of carbonyl (C=O) groups excluding carboxylic acids is 1. The topological polar surface area (TPSA) is 82.6 Å². The van der Waals surface area contributed by atoms with E-state index in [2.05, 4.69) is 15.9 Å². The van der Waals surface area contributed by atoms with Crippen LogP contribution >= 0.6 is 15.9 Å². The lowest BCUT2D eigenvalue weighted by Crippen LogP contribution is -1.96. The smallest absolute Gasteiger partial charge is 0.272 e. The second-order valence-electron chi connectivity index (χ2n) is 6.00. The third-order valence-electron chi connectivity index (χ3n) is 3.96. The van der Waals surface area contributed by atoms with E-state index in [4.69, 9.17) is 9.15 Å². The van der Waals surface area contributed by atoms with Crippen molar-refractivity contribution in [1.82, 2.24) is 0 Å². The molecule has 3 aromatic rings. The third-order valence-corrected chi connectivity index (χ3v) is 4.48. The minimum atomic E-state index is -0.431. The zero-order valence-electron chi connectivity index (χ0n) is 14.9. The molecule has 2 aromatic carbocycles. The van der Waals surface area contributed by atoms with Crippen LogP contribution in [0.15, 0.2) is 69.6 Å². The van der Waals surface area contributed by atoms with Gasteiger partial charge in [0.2, 0.25) is 0 Å². The second-order valence-corrected chi connectivity index (χ2v) is 6.92. The molecule has 0 radical (unpaired) electrons. The number of halogens is 1. The van der Waals surface area contributed by atoms with E-state index in [0.717, 1.165) is 4.47 Å². The fourth-order valence-electron chi connectivity index (χ4n) is 2.51. The van der Waals surface area contributed by atoms with Crippen molar-refractivity contribution < 1.29 is 18.9 Å². The lowest BCUT2D eigenvalue weighted by Gasteiger charge is -2.05. The van der Waals surface area contributed by atoms with Gasteiger partial charge >= 0.3 is 0 Å². The van der Waals surface area contributed by atoms with Crippen LogP contribution in [0.2, 0.25) is 0 Å². The highest BCUT2D eigenvalue weighted by atomic mass is 79.9. The van der Waals surface area contributed by atoms with Gasteiger partial charge in [-0.1, -0.05) is 15.9 Å². The van der Waals surface area contributed by atoms with Crippen LogP contribution in [0, 0.1) is 17.0 Å². The van der Waals surface area contributed by atoms with Gasteiger partial charge in [-0.3, -0.25) is 14.9 Å². The summed E-state index contributed by atoms with van der Waals surface area (Å²) in [6.45, 7) is 1.83. The number of carbonyl (C=O) groups is 1. The molecule has 0 bridgehead atoms. The Kier molecular flexibility index (Phi) is 6.06. The zero-order valence-corrected chi connectivity index (χ0v) is 16.5. The van der Waals surface area contributed by atoms with E-state index < -0.39 is 4.92 Å². The minimum absolute atomic E-state index is 0.0493. The van der Waals surface area contributed by atoms with Gasteiger partial charge in [0, 0.05) is 21.7 Å². The maximum Gasteiger partial charge on any atom is 0.272 e. The molecule has 0 unspecified atom stereocenters. The monoisotopic (exact) mass is 441 g/mol. The Labute approximate surface area is 169 Å². The normalized spacial score (nSPS) is 10.9. The van der Waals surface area contributed by atoms with Crippen molar-refractivity contribution in [3.8, 4) is 5.75 Å². The summed E-state index contributed by atoms with van der Waals surface area (Å²) in [5, 5.41) is 10.8. The number of aryl methyl sites for hydroxylation is 1. The molecule has 0 spiro atoms. The van der Waals surface area contributed by atoms with Crippen LogP contribution in [0.4, 0.5) is 5.69 Å². The molecule has 0 amide bonds. The van der Waals surface area contributed by atoms with E-state index >= 15 is 0 Å². The van der Waals surface area contributed by atoms with Crippen LogP contribution < -0.4 is 4.74 Å². The fraction of sp³-hybridized carbons (Fsp3) is 0.0952. The number of allylic oxidation sites excluding steroid dienone is 1. The SMILES string of the molecule is Cc1cc(OCc2ccc(/C=C/C(=O)c3ccc(Br)cc3)o2)ccc1[N+](=O)[O-]. The molecule has 142 valence electrons. The van der Waals surface area contributed by atoms with Gasteiger partial charge in [-0.25, -0.2) is 0 Å². The van der Waals surface area contributed by atoms with Gasteiger partial charge in [-0.05, 0) is 67.6 Å². The van der Waals surface area contributed by atoms with Crippen LogP contribution in [0.5, 0.6) is 5.75 Å². The Bertz CT molecular complexity index is 1040. The number of benzene rings is 2. The second kappa shape index (κ2) is 8.67. The Morgan fingerprint density at radius 3 is 2.61 bits per heavy atom. The van der Waals surface area contributed by atoms with Gasteiger partial charge in [0.1, 0.15) is 23.9 Å². The Morgan fingerprint density at radius 2 is 1.93 bits per heavy atom. The van der Waals surface area contributed by atoms with E-state index in [1.165, 1.54) is 12.1 Å². The maximum atomic E-state index is 12.1. The van der Waals surface area contributed by atoms with Gasteiger partial charge in [-0.15, -0.1) is 0 Å². The lowest BCUT2D eigenvalue weighted by molar-refractivity contribution is -0.385. The molecule has 7 heteroatoms. The van der Waals surface area contributed by atoms with E-state index in [1.54, 1.807) is 49.4 Å². The molecule has 0 atom stereocenters. The Morgan fingerprint density at radius 1 is 1.18 bits per heavy atom. The maximum absolute atomic E-state index is 12.1. The molecule has 0 saturated heterocycles. The summed E-state index contributed by atoms with van der Waals surface area (Å²) < 4.78 is 12.1. The number of ether oxygens (including phenoxy) is 1. The Balaban J connectivity index is 1.59. The van der Waals surface area contributed by atoms with Crippen molar-refractivity contribution in [2.24, 2.45) is 0 Å². The van der Waals surface area contributed by atoms with Gasteiger partial charge in [0.15, 0.2) is 5.78 Å². The standard InChI is InChI=1S/C21H16BrNO5/c1-14-12-18(8-10-20(14)23(25)26)27-13-19-7-6-17(28-19)9-11-21(24)15-2-4-16(22)5-3-15/h2-12H,13H2,1H3/b11-9+. The zero-order chi connectivity index (χ0) is 20.1. The van der Waals surface area contributed by atoms with Crippen molar-refractivity contribution in [1.29, 1.82) is 0 Å². The molecule has 0 aliphatic heterocycles. The first-order chi connectivity index (χ1) is 13.4. The van der Waals surface area contributed by atoms with Crippen LogP contribution in [0.1, 0.15) is 27.4 Å². The van der Waals surface area contributed by atoms with Crippen LogP contribution in [0.3, 0.4) is 0 Å². The largest absolute Gasteiger partial charge is 0.486 e. The quantitative estimate of drug-likeness (QED) is 0.202. The molecule has 28 heavy (non-hydrogen) atoms. The average Bonchev–Trinajstić information content (AvgIpc) is 3.12. The number of nitrogens with zero attached hydrogens (tertiary/aromatic N) is 1. The number of rotatable bonds is 7. The first-order valence-corrected chi connectivity index (χ1v) is 9.16. The minimum Gasteiger partial charge on any atom is -0.486 e. The molecule has 0 aliphatic carbocycles. The summed E-state index contributed by atoms with van der Waals surface area (Å²) in [6.07, 6.45) is 3.05. The fourth-order valence-corrected chi connectivity index (χ4v) is 2.77. The van der Waals surface area contributed by atoms with Crippen LogP contribution in [-0.4, -0.2) is 10.7 Å². The lowest BCUT2D eigenvalue weighted by atomic mass is 10.1. The summed E-state index contributed by atoms with van der Waals surface area (Å²) in [5.74, 6) is 1.50. The molecule has 0 aliphatic rings. The first-order valence-electron chi connectivity index (χ1n) is 8.37. The molecular weight excluding hydrogens is 426 g/mol.